The van der Waals surface area contributed by atoms with Crippen molar-refractivity contribution in [3.8, 4) is 11.5 Å². The van der Waals surface area contributed by atoms with Gasteiger partial charge in [0.25, 0.3) is 11.8 Å². The van der Waals surface area contributed by atoms with Crippen molar-refractivity contribution in [1.29, 1.82) is 0 Å². The summed E-state index contributed by atoms with van der Waals surface area (Å²) in [5, 5.41) is 2.36. The molecule has 3 N–H and O–H groups in total. The summed E-state index contributed by atoms with van der Waals surface area (Å²) in [4.78, 5) is 23.7. The van der Waals surface area contributed by atoms with Crippen LogP contribution in [0, 0.1) is 6.92 Å². The summed E-state index contributed by atoms with van der Waals surface area (Å²) in [6.45, 7) is 3.56. The van der Waals surface area contributed by atoms with Crippen LogP contribution in [-0.4, -0.2) is 30.1 Å². The predicted octanol–water partition coefficient (Wildman–Crippen LogP) is 2.80. The third-order valence-corrected chi connectivity index (χ3v) is 4.52. The quantitative estimate of drug-likeness (QED) is 0.417. The van der Waals surface area contributed by atoms with Gasteiger partial charge in [-0.05, 0) is 76.9 Å². The summed E-state index contributed by atoms with van der Waals surface area (Å²) in [5.41, 5.74) is 6.98. The fourth-order valence-corrected chi connectivity index (χ4v) is 2.94. The maximum absolute atomic E-state index is 11.9. The molecular weight excluding hydrogens is 458 g/mol. The molecule has 0 aromatic heterocycles. The molecule has 0 heterocycles. The third kappa shape index (κ3) is 8.08. The van der Waals surface area contributed by atoms with Gasteiger partial charge >= 0.3 is 0 Å². The molecule has 0 aliphatic rings. The highest BCUT2D eigenvalue weighted by atomic mass is 79.9. The number of carbonyl (C=O) groups excluding carboxylic acids is 2. The summed E-state index contributed by atoms with van der Waals surface area (Å²) < 4.78 is 11.6. The van der Waals surface area contributed by atoms with Gasteiger partial charge in [0.2, 0.25) is 0 Å². The normalized spacial score (nSPS) is 10.0. The Morgan fingerprint density at radius 2 is 1.79 bits per heavy atom. The van der Waals surface area contributed by atoms with Gasteiger partial charge < -0.3 is 9.47 Å². The van der Waals surface area contributed by atoms with Gasteiger partial charge in [-0.2, -0.15) is 0 Å². The largest absolute Gasteiger partial charge is 0.484 e. The third-order valence-electron chi connectivity index (χ3n) is 3.69. The van der Waals surface area contributed by atoms with E-state index in [2.05, 4.69) is 39.0 Å². The first-order chi connectivity index (χ1) is 13.9. The lowest BCUT2D eigenvalue weighted by Crippen LogP contribution is -2.50. The molecule has 2 rings (SSSR count). The van der Waals surface area contributed by atoms with Gasteiger partial charge in [-0.15, -0.1) is 0 Å². The lowest BCUT2D eigenvalue weighted by Gasteiger charge is -2.12. The Hall–Kier alpha value is -2.65. The second kappa shape index (κ2) is 11.4. The van der Waals surface area contributed by atoms with E-state index < -0.39 is 11.8 Å². The van der Waals surface area contributed by atoms with Crippen LogP contribution in [0.2, 0.25) is 0 Å². The fourth-order valence-electron chi connectivity index (χ4n) is 2.24. The summed E-state index contributed by atoms with van der Waals surface area (Å²) in [5.74, 6) is 0.239. The second-order valence-electron chi connectivity index (χ2n) is 6.06. The molecule has 0 radical (unpaired) electrons. The van der Waals surface area contributed by atoms with Crippen LogP contribution in [0.3, 0.4) is 0 Å². The van der Waals surface area contributed by atoms with Crippen LogP contribution in [-0.2, 0) is 16.0 Å². The number of hydrogen-bond acceptors (Lipinski definition) is 5. The zero-order valence-electron chi connectivity index (χ0n) is 16.1. The van der Waals surface area contributed by atoms with Gasteiger partial charge in [0.05, 0.1) is 4.47 Å². The van der Waals surface area contributed by atoms with Crippen molar-refractivity contribution < 1.29 is 19.1 Å². The summed E-state index contributed by atoms with van der Waals surface area (Å²) in [6.07, 6.45) is 0.905. The maximum Gasteiger partial charge on any atom is 0.276 e. The molecule has 154 valence electrons. The Morgan fingerprint density at radius 1 is 1.03 bits per heavy atom. The molecule has 0 atom stereocenters. The van der Waals surface area contributed by atoms with Crippen LogP contribution in [0.5, 0.6) is 11.5 Å². The molecule has 0 spiro atoms. The number of hydrazine groups is 1. The fraction of sp³-hybridized carbons (Fsp3) is 0.250. The molecule has 0 saturated heterocycles. The molecule has 2 amide bonds. The number of amides is 2. The maximum atomic E-state index is 11.9. The molecule has 0 fully saturated rings. The van der Waals surface area contributed by atoms with E-state index in [9.17, 15) is 9.59 Å². The van der Waals surface area contributed by atoms with Crippen LogP contribution in [0.1, 0.15) is 18.1 Å². The number of rotatable bonds is 7. The minimum absolute atomic E-state index is 0.0512. The topological polar surface area (TPSA) is 88.7 Å². The first-order valence-corrected chi connectivity index (χ1v) is 10.1. The number of thiocarbonyl (C=S) groups is 1. The van der Waals surface area contributed by atoms with E-state index in [1.807, 2.05) is 37.3 Å². The molecule has 9 heteroatoms. The summed E-state index contributed by atoms with van der Waals surface area (Å²) in [7, 11) is 0. The number of halogens is 1. The molecule has 0 bridgehead atoms. The summed E-state index contributed by atoms with van der Waals surface area (Å²) in [6, 6.07) is 13.0. The Labute approximate surface area is 183 Å². The van der Waals surface area contributed by atoms with E-state index >= 15 is 0 Å². The van der Waals surface area contributed by atoms with Crippen molar-refractivity contribution in [2.24, 2.45) is 0 Å². The number of carbonyl (C=O) groups is 2. The van der Waals surface area contributed by atoms with Gasteiger partial charge in [0.15, 0.2) is 18.3 Å². The van der Waals surface area contributed by atoms with Gasteiger partial charge in [0.1, 0.15) is 11.5 Å². The first kappa shape index (κ1) is 22.6. The number of hydrogen-bond donors (Lipinski definition) is 3. The minimum Gasteiger partial charge on any atom is -0.484 e. The SMILES string of the molecule is CCc1ccc(OCC(=O)NNC(=S)NC(=O)COc2cccc(C)c2)c(Br)c1. The summed E-state index contributed by atoms with van der Waals surface area (Å²) >= 11 is 8.38. The number of benzene rings is 2. The smallest absolute Gasteiger partial charge is 0.276 e. The Bertz CT molecular complexity index is 892. The first-order valence-electron chi connectivity index (χ1n) is 8.86. The van der Waals surface area contributed by atoms with Crippen molar-refractivity contribution in [2.45, 2.75) is 20.3 Å². The van der Waals surface area contributed by atoms with Crippen LogP contribution in [0.4, 0.5) is 0 Å². The molecular formula is C20H22BrN3O4S. The van der Waals surface area contributed by atoms with E-state index in [1.165, 1.54) is 0 Å². The van der Waals surface area contributed by atoms with Crippen LogP contribution < -0.4 is 25.6 Å². The zero-order valence-corrected chi connectivity index (χ0v) is 18.5. The lowest BCUT2D eigenvalue weighted by atomic mass is 10.2. The molecule has 0 aliphatic carbocycles. The Morgan fingerprint density at radius 3 is 2.48 bits per heavy atom. The highest BCUT2D eigenvalue weighted by Gasteiger charge is 2.09. The monoisotopic (exact) mass is 479 g/mol. The van der Waals surface area contributed by atoms with E-state index in [4.69, 9.17) is 21.7 Å². The average Bonchev–Trinajstić information content (AvgIpc) is 2.69. The highest BCUT2D eigenvalue weighted by molar-refractivity contribution is 9.10. The predicted molar refractivity (Wildman–Crippen MR) is 118 cm³/mol. The Balaban J connectivity index is 1.67. The Kier molecular flexibility index (Phi) is 8.88. The zero-order chi connectivity index (χ0) is 21.2. The van der Waals surface area contributed by atoms with Crippen LogP contribution in [0.25, 0.3) is 0 Å². The van der Waals surface area contributed by atoms with Crippen molar-refractivity contribution >= 4 is 45.1 Å². The van der Waals surface area contributed by atoms with Gasteiger partial charge in [0, 0.05) is 0 Å². The van der Waals surface area contributed by atoms with Gasteiger partial charge in [-0.1, -0.05) is 25.1 Å². The van der Waals surface area contributed by atoms with E-state index in [0.29, 0.717) is 11.5 Å². The standard InChI is InChI=1S/C20H22BrN3O4S/c1-3-14-7-8-17(16(21)10-14)28-12-19(26)23-24-20(29)22-18(25)11-27-15-6-4-5-13(2)9-15/h4-10H,3,11-12H2,1-2H3,(H,23,26)(H2,22,24,25,29). The van der Waals surface area contributed by atoms with Crippen molar-refractivity contribution in [3.05, 3.63) is 58.1 Å². The number of nitrogens with one attached hydrogen (secondary N) is 3. The highest BCUT2D eigenvalue weighted by Crippen LogP contribution is 2.26. The molecule has 29 heavy (non-hydrogen) atoms. The second-order valence-corrected chi connectivity index (χ2v) is 7.33. The van der Waals surface area contributed by atoms with Gasteiger partial charge in [-0.25, -0.2) is 0 Å². The van der Waals surface area contributed by atoms with Crippen LogP contribution >= 0.6 is 28.1 Å². The van der Waals surface area contributed by atoms with Crippen molar-refractivity contribution in [1.82, 2.24) is 16.2 Å². The average molecular weight is 480 g/mol. The van der Waals surface area contributed by atoms with Gasteiger partial charge in [-0.3, -0.25) is 25.8 Å². The molecule has 2 aromatic carbocycles. The number of ether oxygens (including phenoxy) is 2. The van der Waals surface area contributed by atoms with E-state index in [0.717, 1.165) is 22.0 Å². The minimum atomic E-state index is -0.455. The lowest BCUT2D eigenvalue weighted by molar-refractivity contribution is -0.124. The molecule has 7 nitrogen and oxygen atoms in total. The molecule has 0 aliphatic heterocycles. The number of aryl methyl sites for hydroxylation is 2. The molecule has 0 unspecified atom stereocenters. The molecule has 0 saturated carbocycles. The van der Waals surface area contributed by atoms with Crippen molar-refractivity contribution in [3.63, 3.8) is 0 Å². The van der Waals surface area contributed by atoms with Crippen molar-refractivity contribution in [2.75, 3.05) is 13.2 Å². The van der Waals surface area contributed by atoms with E-state index in [1.54, 1.807) is 12.1 Å². The van der Waals surface area contributed by atoms with Crippen LogP contribution in [0.15, 0.2) is 46.9 Å². The van der Waals surface area contributed by atoms with E-state index in [-0.39, 0.29) is 18.3 Å². The molecule has 2 aromatic rings.